The normalized spacial score (nSPS) is 18.7. The van der Waals surface area contributed by atoms with E-state index >= 15 is 0 Å². The molecule has 0 saturated carbocycles. The number of oxime groups is 1. The minimum absolute atomic E-state index is 0.144. The highest BCUT2D eigenvalue weighted by Crippen LogP contribution is 2.35. The molecule has 6 nitrogen and oxygen atoms in total. The van der Waals surface area contributed by atoms with Gasteiger partial charge in [0.15, 0.2) is 5.84 Å². The Morgan fingerprint density at radius 3 is 2.72 bits per heavy atom. The van der Waals surface area contributed by atoms with Crippen LogP contribution in [-0.4, -0.2) is 33.3 Å². The Kier molecular flexibility index (Phi) is 5.27. The highest BCUT2D eigenvalue weighted by molar-refractivity contribution is 8.15. The number of nitrogens with one attached hydrogen (secondary N) is 1. The first kappa shape index (κ1) is 19.8. The molecular formula is C21H21ClN4O2S. The summed E-state index contributed by atoms with van der Waals surface area (Å²) in [7, 11) is 0. The minimum atomic E-state index is -0.411. The SMILES string of the molecule is CC1(C)SC(=O)NN=C1c1ccc2c(c1)CCCN2/C(=N\O)c1ccc(Cl)cc1. The van der Waals surface area contributed by atoms with Gasteiger partial charge >= 0.3 is 0 Å². The van der Waals surface area contributed by atoms with Crippen LogP contribution in [0.2, 0.25) is 5.02 Å². The van der Waals surface area contributed by atoms with Crippen LogP contribution >= 0.6 is 23.4 Å². The van der Waals surface area contributed by atoms with Crippen molar-refractivity contribution in [2.24, 2.45) is 10.3 Å². The van der Waals surface area contributed by atoms with Crippen molar-refractivity contribution in [3.05, 3.63) is 64.2 Å². The predicted molar refractivity (Wildman–Crippen MR) is 119 cm³/mol. The topological polar surface area (TPSA) is 77.3 Å². The summed E-state index contributed by atoms with van der Waals surface area (Å²) >= 11 is 7.23. The molecule has 4 rings (SSSR count). The van der Waals surface area contributed by atoms with Crippen LogP contribution in [0.5, 0.6) is 0 Å². The van der Waals surface area contributed by atoms with Crippen molar-refractivity contribution in [3.63, 3.8) is 0 Å². The Balaban J connectivity index is 1.71. The maximum atomic E-state index is 11.7. The predicted octanol–water partition coefficient (Wildman–Crippen LogP) is 4.87. The van der Waals surface area contributed by atoms with Crippen LogP contribution in [0.25, 0.3) is 0 Å². The Bertz CT molecular complexity index is 1020. The first-order valence-corrected chi connectivity index (χ1v) is 10.5. The monoisotopic (exact) mass is 428 g/mol. The number of rotatable bonds is 2. The molecule has 29 heavy (non-hydrogen) atoms. The van der Waals surface area contributed by atoms with E-state index in [1.807, 2.05) is 43.0 Å². The molecule has 2 heterocycles. The zero-order valence-electron chi connectivity index (χ0n) is 16.1. The number of halogens is 1. The number of nitrogens with zero attached hydrogens (tertiary/aromatic N) is 3. The molecule has 0 aliphatic carbocycles. The summed E-state index contributed by atoms with van der Waals surface area (Å²) in [4.78, 5) is 13.7. The number of thioether (sulfide) groups is 1. The highest BCUT2D eigenvalue weighted by Gasteiger charge is 2.34. The maximum absolute atomic E-state index is 11.7. The van der Waals surface area contributed by atoms with E-state index in [0.717, 1.165) is 47.5 Å². The number of aryl methyl sites for hydroxylation is 1. The van der Waals surface area contributed by atoms with Crippen LogP contribution in [0.3, 0.4) is 0 Å². The van der Waals surface area contributed by atoms with Gasteiger partial charge in [-0.05, 0) is 74.2 Å². The van der Waals surface area contributed by atoms with Gasteiger partial charge in [0.05, 0.1) is 10.5 Å². The second-order valence-corrected chi connectivity index (χ2v) is 9.53. The zero-order valence-corrected chi connectivity index (χ0v) is 17.7. The number of amides is 1. The van der Waals surface area contributed by atoms with Crippen LogP contribution in [0.4, 0.5) is 10.5 Å². The van der Waals surface area contributed by atoms with Crippen LogP contribution in [0, 0.1) is 0 Å². The average molecular weight is 429 g/mol. The van der Waals surface area contributed by atoms with Crippen molar-refractivity contribution in [1.82, 2.24) is 5.43 Å². The van der Waals surface area contributed by atoms with Crippen molar-refractivity contribution in [2.75, 3.05) is 11.4 Å². The van der Waals surface area contributed by atoms with E-state index in [0.29, 0.717) is 10.9 Å². The fraction of sp³-hybridized carbons (Fsp3) is 0.286. The number of fused-ring (bicyclic) bond motifs is 1. The van der Waals surface area contributed by atoms with Crippen molar-refractivity contribution in [1.29, 1.82) is 0 Å². The quantitative estimate of drug-likeness (QED) is 0.309. The van der Waals surface area contributed by atoms with E-state index in [1.165, 1.54) is 11.8 Å². The van der Waals surface area contributed by atoms with E-state index in [1.54, 1.807) is 12.1 Å². The van der Waals surface area contributed by atoms with Crippen LogP contribution in [-0.2, 0) is 6.42 Å². The molecule has 2 aliphatic rings. The molecule has 2 aromatic carbocycles. The number of benzene rings is 2. The lowest BCUT2D eigenvalue weighted by molar-refractivity contribution is 0.260. The van der Waals surface area contributed by atoms with E-state index in [4.69, 9.17) is 11.6 Å². The van der Waals surface area contributed by atoms with Crippen LogP contribution in [0.1, 0.15) is 37.0 Å². The number of hydrogen-bond acceptors (Lipinski definition) is 5. The highest BCUT2D eigenvalue weighted by atomic mass is 35.5. The number of amidine groups is 1. The maximum Gasteiger partial charge on any atom is 0.300 e. The molecule has 0 atom stereocenters. The molecule has 1 amide bonds. The summed E-state index contributed by atoms with van der Waals surface area (Å²) in [6.45, 7) is 4.75. The molecule has 150 valence electrons. The first-order valence-electron chi connectivity index (χ1n) is 9.35. The largest absolute Gasteiger partial charge is 0.409 e. The molecule has 0 bridgehead atoms. The Hall–Kier alpha value is -2.51. The summed E-state index contributed by atoms with van der Waals surface area (Å²) in [5.41, 5.74) is 7.36. The molecule has 2 aromatic rings. The third kappa shape index (κ3) is 3.84. The van der Waals surface area contributed by atoms with Gasteiger partial charge in [-0.25, -0.2) is 5.43 Å². The van der Waals surface area contributed by atoms with Crippen molar-refractivity contribution in [3.8, 4) is 0 Å². The van der Waals surface area contributed by atoms with Gasteiger partial charge in [-0.15, -0.1) is 0 Å². The van der Waals surface area contributed by atoms with Gasteiger partial charge in [-0.2, -0.15) is 5.10 Å². The minimum Gasteiger partial charge on any atom is -0.409 e. The number of hydrazone groups is 1. The summed E-state index contributed by atoms with van der Waals surface area (Å²) < 4.78 is -0.411. The summed E-state index contributed by atoms with van der Waals surface area (Å²) in [5, 5.41) is 18.1. The second-order valence-electron chi connectivity index (χ2n) is 7.50. The lowest BCUT2D eigenvalue weighted by Crippen LogP contribution is -2.39. The lowest BCUT2D eigenvalue weighted by atomic mass is 9.93. The van der Waals surface area contributed by atoms with Gasteiger partial charge in [0.2, 0.25) is 0 Å². The Morgan fingerprint density at radius 1 is 1.28 bits per heavy atom. The first-order chi connectivity index (χ1) is 13.9. The van der Waals surface area contributed by atoms with E-state index in [9.17, 15) is 10.0 Å². The van der Waals surface area contributed by atoms with Gasteiger partial charge in [0, 0.05) is 22.8 Å². The van der Waals surface area contributed by atoms with Gasteiger partial charge in [-0.1, -0.05) is 34.6 Å². The molecule has 0 spiro atoms. The third-order valence-corrected chi connectivity index (χ3v) is 6.33. The van der Waals surface area contributed by atoms with Crippen molar-refractivity contribution in [2.45, 2.75) is 31.4 Å². The molecule has 0 radical (unpaired) electrons. The van der Waals surface area contributed by atoms with Crippen molar-refractivity contribution < 1.29 is 10.0 Å². The zero-order chi connectivity index (χ0) is 20.6. The Morgan fingerprint density at radius 2 is 2.03 bits per heavy atom. The van der Waals surface area contributed by atoms with Gasteiger partial charge in [0.25, 0.3) is 5.24 Å². The molecule has 0 unspecified atom stereocenters. The summed E-state index contributed by atoms with van der Waals surface area (Å²) in [5.74, 6) is 0.494. The number of anilines is 1. The number of carbonyl (C=O) groups is 1. The fourth-order valence-electron chi connectivity index (χ4n) is 3.78. The van der Waals surface area contributed by atoms with Crippen LogP contribution < -0.4 is 10.3 Å². The van der Waals surface area contributed by atoms with Crippen LogP contribution in [0.15, 0.2) is 52.7 Å². The van der Waals surface area contributed by atoms with E-state index in [-0.39, 0.29) is 5.24 Å². The molecule has 0 saturated heterocycles. The van der Waals surface area contributed by atoms with E-state index < -0.39 is 4.75 Å². The smallest absolute Gasteiger partial charge is 0.300 e. The van der Waals surface area contributed by atoms with Gasteiger partial charge in [-0.3, -0.25) is 4.79 Å². The van der Waals surface area contributed by atoms with Gasteiger partial charge in [0.1, 0.15) is 0 Å². The third-order valence-electron chi connectivity index (χ3n) is 5.10. The molecule has 8 heteroatoms. The van der Waals surface area contributed by atoms with Crippen molar-refractivity contribution >= 4 is 45.8 Å². The number of carbonyl (C=O) groups excluding carboxylic acids is 1. The summed E-state index contributed by atoms with van der Waals surface area (Å²) in [6.07, 6.45) is 1.86. The molecular weight excluding hydrogens is 408 g/mol. The average Bonchev–Trinajstić information content (AvgIpc) is 2.69. The van der Waals surface area contributed by atoms with Gasteiger partial charge < -0.3 is 10.1 Å². The summed E-state index contributed by atoms with van der Waals surface area (Å²) in [6, 6.07) is 13.4. The molecule has 2 N–H and O–H groups in total. The number of hydrogen-bond donors (Lipinski definition) is 2. The fourth-order valence-corrected chi connectivity index (χ4v) is 4.72. The second kappa shape index (κ2) is 7.72. The standard InChI is InChI=1S/C21H21ClN4O2S/c1-21(2)18(23-24-20(27)29-21)15-7-10-17-14(12-15)4-3-11-26(17)19(25-28)13-5-8-16(22)9-6-13/h5-10,12,28H,3-4,11H2,1-2H3,(H,24,27)/b25-19-. The molecule has 0 fully saturated rings. The molecule has 0 aromatic heterocycles. The lowest BCUT2D eigenvalue weighted by Gasteiger charge is -2.33. The van der Waals surface area contributed by atoms with E-state index in [2.05, 4.69) is 21.7 Å². The Labute approximate surface area is 178 Å². The molecule has 2 aliphatic heterocycles.